The van der Waals surface area contributed by atoms with Gasteiger partial charge in [-0.15, -0.1) is 0 Å². The van der Waals surface area contributed by atoms with E-state index in [9.17, 15) is 0 Å². The minimum absolute atomic E-state index is 0.601. The van der Waals surface area contributed by atoms with E-state index in [0.717, 1.165) is 82.5 Å². The highest BCUT2D eigenvalue weighted by Crippen LogP contribution is 2.38. The Morgan fingerprint density at radius 2 is 0.917 bits per heavy atom. The Bertz CT molecular complexity index is 2850. The molecule has 0 unspecified atom stereocenters. The molecule has 5 heteroatoms. The lowest BCUT2D eigenvalue weighted by Gasteiger charge is -2.12. The second-order valence-electron chi connectivity index (χ2n) is 12.0. The molecule has 3 heterocycles. The van der Waals surface area contributed by atoms with Crippen molar-refractivity contribution >= 4 is 54.6 Å². The van der Waals surface area contributed by atoms with Gasteiger partial charge in [-0.05, 0) is 58.3 Å². The van der Waals surface area contributed by atoms with E-state index in [2.05, 4.69) is 72.8 Å². The van der Waals surface area contributed by atoms with Gasteiger partial charge in [0.2, 0.25) is 0 Å². The van der Waals surface area contributed by atoms with E-state index in [1.165, 1.54) is 0 Å². The molecule has 0 atom stereocenters. The molecule has 5 nitrogen and oxygen atoms in total. The fourth-order valence-electron chi connectivity index (χ4n) is 6.86. The van der Waals surface area contributed by atoms with Gasteiger partial charge in [-0.2, -0.15) is 0 Å². The molecule has 0 aliphatic carbocycles. The van der Waals surface area contributed by atoms with Crippen LogP contribution in [0.4, 0.5) is 0 Å². The van der Waals surface area contributed by atoms with Crippen LogP contribution in [0.2, 0.25) is 0 Å². The van der Waals surface area contributed by atoms with Gasteiger partial charge < -0.3 is 8.83 Å². The smallest absolute Gasteiger partial charge is 0.164 e. The second kappa shape index (κ2) is 10.5. The molecule has 0 amide bonds. The van der Waals surface area contributed by atoms with E-state index >= 15 is 0 Å². The van der Waals surface area contributed by atoms with E-state index in [0.29, 0.717) is 17.5 Å². The first-order valence-electron chi connectivity index (χ1n) is 15.9. The molecule has 224 valence electrons. The molecule has 10 aromatic rings. The summed E-state index contributed by atoms with van der Waals surface area (Å²) in [5.41, 5.74) is 8.40. The fourth-order valence-corrected chi connectivity index (χ4v) is 6.86. The molecule has 0 bridgehead atoms. The summed E-state index contributed by atoms with van der Waals surface area (Å²) in [6, 6.07) is 51.7. The maximum absolute atomic E-state index is 6.21. The number of hydrogen-bond acceptors (Lipinski definition) is 5. The summed E-state index contributed by atoms with van der Waals surface area (Å²) in [7, 11) is 0. The van der Waals surface area contributed by atoms with Crippen LogP contribution >= 0.6 is 0 Å². The van der Waals surface area contributed by atoms with Gasteiger partial charge in [-0.25, -0.2) is 15.0 Å². The van der Waals surface area contributed by atoms with Crippen LogP contribution in [-0.4, -0.2) is 15.0 Å². The van der Waals surface area contributed by atoms with Crippen molar-refractivity contribution in [3.63, 3.8) is 0 Å². The van der Waals surface area contributed by atoms with Gasteiger partial charge in [0.05, 0.1) is 0 Å². The fraction of sp³-hybridized carbons (Fsp3) is 0. The van der Waals surface area contributed by atoms with Gasteiger partial charge in [0, 0.05) is 38.2 Å². The number of aromatic nitrogens is 3. The highest BCUT2D eigenvalue weighted by atomic mass is 16.3. The van der Waals surface area contributed by atoms with Gasteiger partial charge in [0.1, 0.15) is 22.3 Å². The van der Waals surface area contributed by atoms with Gasteiger partial charge in [-0.1, -0.05) is 115 Å². The van der Waals surface area contributed by atoms with Crippen molar-refractivity contribution in [3.8, 4) is 45.3 Å². The molecular weight excluding hydrogens is 590 g/mol. The van der Waals surface area contributed by atoms with Crippen LogP contribution in [0.1, 0.15) is 0 Å². The van der Waals surface area contributed by atoms with E-state index in [1.807, 2.05) is 78.9 Å². The summed E-state index contributed by atoms with van der Waals surface area (Å²) < 4.78 is 12.4. The number of benzene rings is 7. The summed E-state index contributed by atoms with van der Waals surface area (Å²) in [4.78, 5) is 15.2. The Morgan fingerprint density at radius 3 is 1.77 bits per heavy atom. The van der Waals surface area contributed by atoms with Crippen LogP contribution < -0.4 is 0 Å². The molecule has 48 heavy (non-hydrogen) atoms. The van der Waals surface area contributed by atoms with Gasteiger partial charge in [-0.3, -0.25) is 0 Å². The molecule has 3 aromatic heterocycles. The Hall–Kier alpha value is -6.59. The summed E-state index contributed by atoms with van der Waals surface area (Å²) in [6.07, 6.45) is 0. The lowest BCUT2D eigenvalue weighted by atomic mass is 9.97. The average molecular weight is 616 g/mol. The summed E-state index contributed by atoms with van der Waals surface area (Å²) in [5, 5.41) is 6.44. The predicted octanol–water partition coefficient (Wildman–Crippen LogP) is 11.5. The highest BCUT2D eigenvalue weighted by Gasteiger charge is 2.19. The normalized spacial score (nSPS) is 11.8. The molecule has 0 fully saturated rings. The van der Waals surface area contributed by atoms with Crippen molar-refractivity contribution in [3.05, 3.63) is 152 Å². The monoisotopic (exact) mass is 615 g/mol. The zero-order chi connectivity index (χ0) is 31.6. The number of hydrogen-bond donors (Lipinski definition) is 0. The first-order chi connectivity index (χ1) is 23.8. The maximum atomic E-state index is 6.21. The molecule has 0 N–H and O–H groups in total. The zero-order valence-corrected chi connectivity index (χ0v) is 25.6. The highest BCUT2D eigenvalue weighted by molar-refractivity contribution is 6.12. The quantitative estimate of drug-likeness (QED) is 0.197. The van der Waals surface area contributed by atoms with E-state index < -0.39 is 0 Å². The molecule has 10 rings (SSSR count). The molecule has 0 saturated carbocycles. The summed E-state index contributed by atoms with van der Waals surface area (Å²) in [5.74, 6) is 1.84. The van der Waals surface area contributed by atoms with Crippen molar-refractivity contribution < 1.29 is 8.83 Å². The summed E-state index contributed by atoms with van der Waals surface area (Å²) >= 11 is 0. The third-order valence-corrected chi connectivity index (χ3v) is 9.14. The van der Waals surface area contributed by atoms with Crippen molar-refractivity contribution in [2.24, 2.45) is 0 Å². The molecule has 0 aliphatic heterocycles. The van der Waals surface area contributed by atoms with E-state index in [1.54, 1.807) is 0 Å². The molecule has 0 spiro atoms. The first-order valence-corrected chi connectivity index (χ1v) is 15.9. The third-order valence-electron chi connectivity index (χ3n) is 9.14. The predicted molar refractivity (Wildman–Crippen MR) is 194 cm³/mol. The SMILES string of the molecule is c1ccc(-c2nc(-c3cccc4cc(-c5ccc6c(c5)oc5ccccc56)ccc34)nc(-c3cccc4oc5ccccc5c34)n2)cc1. The van der Waals surface area contributed by atoms with Gasteiger partial charge in [0.15, 0.2) is 17.5 Å². The molecule has 0 aliphatic rings. The molecule has 7 aromatic carbocycles. The lowest BCUT2D eigenvalue weighted by Crippen LogP contribution is -2.00. The lowest BCUT2D eigenvalue weighted by molar-refractivity contribution is 0.668. The minimum atomic E-state index is 0.601. The van der Waals surface area contributed by atoms with E-state index in [-0.39, 0.29) is 0 Å². The number of fused-ring (bicyclic) bond motifs is 7. The average Bonchev–Trinajstić information content (AvgIpc) is 3.72. The Labute approximate surface area is 274 Å². The molecular formula is C43H25N3O2. The number of furan rings is 2. The summed E-state index contributed by atoms with van der Waals surface area (Å²) in [6.45, 7) is 0. The second-order valence-corrected chi connectivity index (χ2v) is 12.0. The Kier molecular flexibility index (Phi) is 5.81. The molecule has 0 saturated heterocycles. The third kappa shape index (κ3) is 4.22. The van der Waals surface area contributed by atoms with Crippen LogP contribution in [0.5, 0.6) is 0 Å². The van der Waals surface area contributed by atoms with Gasteiger partial charge in [0.25, 0.3) is 0 Å². The van der Waals surface area contributed by atoms with Crippen LogP contribution in [0.3, 0.4) is 0 Å². The standard InChI is InChI=1S/C43H25N3O2/c1-2-10-26(11-3-1)41-44-42(46-43(45-41)35-16-9-19-38-40(35)34-14-5-7-18-37(34)47-38)33-15-8-12-29-24-27(20-22-30(29)33)28-21-23-32-31-13-4-6-17-36(31)48-39(32)25-28/h1-25H. The van der Waals surface area contributed by atoms with Crippen LogP contribution in [0.15, 0.2) is 160 Å². The van der Waals surface area contributed by atoms with Gasteiger partial charge >= 0.3 is 0 Å². The Balaban J connectivity index is 1.14. The van der Waals surface area contributed by atoms with Crippen molar-refractivity contribution in [1.82, 2.24) is 15.0 Å². The number of rotatable bonds is 4. The van der Waals surface area contributed by atoms with Crippen LogP contribution in [-0.2, 0) is 0 Å². The minimum Gasteiger partial charge on any atom is -0.456 e. The maximum Gasteiger partial charge on any atom is 0.164 e. The molecule has 0 radical (unpaired) electrons. The van der Waals surface area contributed by atoms with Crippen molar-refractivity contribution in [1.29, 1.82) is 0 Å². The first kappa shape index (κ1) is 26.6. The van der Waals surface area contributed by atoms with E-state index in [4.69, 9.17) is 23.8 Å². The largest absolute Gasteiger partial charge is 0.456 e. The number of para-hydroxylation sites is 2. The Morgan fingerprint density at radius 1 is 0.333 bits per heavy atom. The van der Waals surface area contributed by atoms with Crippen molar-refractivity contribution in [2.75, 3.05) is 0 Å². The number of nitrogens with zero attached hydrogens (tertiary/aromatic N) is 3. The topological polar surface area (TPSA) is 65.0 Å². The van der Waals surface area contributed by atoms with Crippen molar-refractivity contribution in [2.45, 2.75) is 0 Å². The van der Waals surface area contributed by atoms with Crippen LogP contribution in [0.25, 0.3) is 99.9 Å². The van der Waals surface area contributed by atoms with Crippen LogP contribution in [0, 0.1) is 0 Å². The zero-order valence-electron chi connectivity index (χ0n) is 25.6.